The summed E-state index contributed by atoms with van der Waals surface area (Å²) in [4.78, 5) is 15.2. The number of methoxy groups -OCH3 is 1. The zero-order valence-electron chi connectivity index (χ0n) is 9.79. The zero-order chi connectivity index (χ0) is 13.0. The van der Waals surface area contributed by atoms with E-state index in [9.17, 15) is 4.79 Å². The molecule has 0 N–H and O–H groups in total. The second-order valence-electron chi connectivity index (χ2n) is 3.64. The standard InChI is InChI=1S/C12H11N3O2S/c1-17-12(16)10(14-15-13)7-9-4-2-3-8-5-6-18-11(8)9/h2-4,7H,5-6H2,1H3. The summed E-state index contributed by atoms with van der Waals surface area (Å²) in [5.74, 6) is 0.406. The van der Waals surface area contributed by atoms with E-state index < -0.39 is 5.97 Å². The average molecular weight is 261 g/mol. The van der Waals surface area contributed by atoms with Crippen LogP contribution in [-0.4, -0.2) is 18.8 Å². The highest BCUT2D eigenvalue weighted by Crippen LogP contribution is 2.35. The van der Waals surface area contributed by atoms with Gasteiger partial charge < -0.3 is 4.74 Å². The molecule has 0 saturated carbocycles. The number of benzene rings is 1. The van der Waals surface area contributed by atoms with Crippen molar-refractivity contribution in [2.24, 2.45) is 5.11 Å². The number of aryl methyl sites for hydroxylation is 1. The van der Waals surface area contributed by atoms with Crippen LogP contribution in [0.25, 0.3) is 16.5 Å². The van der Waals surface area contributed by atoms with Crippen molar-refractivity contribution in [3.05, 3.63) is 45.5 Å². The number of fused-ring (bicyclic) bond motifs is 1. The lowest BCUT2D eigenvalue weighted by Crippen LogP contribution is -2.02. The van der Waals surface area contributed by atoms with Crippen molar-refractivity contribution in [3.63, 3.8) is 0 Å². The van der Waals surface area contributed by atoms with Gasteiger partial charge in [0, 0.05) is 15.6 Å². The summed E-state index contributed by atoms with van der Waals surface area (Å²) in [7, 11) is 1.26. The third-order valence-corrected chi connectivity index (χ3v) is 3.78. The SMILES string of the molecule is COC(=O)C(=Cc1cccc2c1SCC2)N=[N+]=[N-]. The molecule has 1 aliphatic rings. The molecule has 92 valence electrons. The van der Waals surface area contributed by atoms with Crippen LogP contribution < -0.4 is 0 Å². The maximum Gasteiger partial charge on any atom is 0.340 e. The van der Waals surface area contributed by atoms with Crippen LogP contribution in [0, 0.1) is 0 Å². The highest BCUT2D eigenvalue weighted by atomic mass is 32.2. The highest BCUT2D eigenvalue weighted by Gasteiger charge is 2.15. The third-order valence-electron chi connectivity index (χ3n) is 2.58. The molecular formula is C12H11N3O2S. The van der Waals surface area contributed by atoms with Gasteiger partial charge in [0.15, 0.2) is 0 Å². The fourth-order valence-electron chi connectivity index (χ4n) is 1.78. The van der Waals surface area contributed by atoms with Gasteiger partial charge in [-0.2, -0.15) is 0 Å². The van der Waals surface area contributed by atoms with E-state index in [2.05, 4.69) is 20.8 Å². The molecule has 0 bridgehead atoms. The summed E-state index contributed by atoms with van der Waals surface area (Å²) in [6, 6.07) is 5.90. The lowest BCUT2D eigenvalue weighted by molar-refractivity contribution is -0.136. The van der Waals surface area contributed by atoms with E-state index in [1.807, 2.05) is 12.1 Å². The molecule has 0 saturated heterocycles. The molecular weight excluding hydrogens is 250 g/mol. The van der Waals surface area contributed by atoms with E-state index in [4.69, 9.17) is 5.53 Å². The van der Waals surface area contributed by atoms with Gasteiger partial charge >= 0.3 is 5.97 Å². The summed E-state index contributed by atoms with van der Waals surface area (Å²) < 4.78 is 4.58. The van der Waals surface area contributed by atoms with Crippen LogP contribution in [0.1, 0.15) is 11.1 Å². The average Bonchev–Trinajstić information content (AvgIpc) is 2.86. The molecule has 0 spiro atoms. The Hall–Kier alpha value is -1.91. The van der Waals surface area contributed by atoms with Gasteiger partial charge in [0.2, 0.25) is 0 Å². The van der Waals surface area contributed by atoms with Crippen LogP contribution in [0.3, 0.4) is 0 Å². The van der Waals surface area contributed by atoms with Gasteiger partial charge in [-0.25, -0.2) is 4.79 Å². The Morgan fingerprint density at radius 1 is 1.61 bits per heavy atom. The van der Waals surface area contributed by atoms with Crippen LogP contribution in [-0.2, 0) is 16.0 Å². The molecule has 0 aromatic heterocycles. The molecule has 2 rings (SSSR count). The van der Waals surface area contributed by atoms with Crippen molar-refractivity contribution in [1.29, 1.82) is 0 Å². The van der Waals surface area contributed by atoms with Gasteiger partial charge in [0.25, 0.3) is 0 Å². The van der Waals surface area contributed by atoms with Crippen LogP contribution in [0.4, 0.5) is 0 Å². The van der Waals surface area contributed by atoms with E-state index in [-0.39, 0.29) is 5.70 Å². The summed E-state index contributed by atoms with van der Waals surface area (Å²) in [5.41, 5.74) is 10.6. The quantitative estimate of drug-likeness (QED) is 0.276. The molecule has 1 heterocycles. The minimum Gasteiger partial charge on any atom is -0.466 e. The molecule has 0 radical (unpaired) electrons. The van der Waals surface area contributed by atoms with E-state index in [0.717, 1.165) is 22.6 Å². The van der Waals surface area contributed by atoms with Gasteiger partial charge in [-0.1, -0.05) is 23.3 Å². The van der Waals surface area contributed by atoms with Gasteiger partial charge in [-0.3, -0.25) is 0 Å². The molecule has 0 atom stereocenters. The van der Waals surface area contributed by atoms with Crippen molar-refractivity contribution in [2.75, 3.05) is 12.9 Å². The number of thioether (sulfide) groups is 1. The summed E-state index contributed by atoms with van der Waals surface area (Å²) in [5, 5.41) is 3.37. The molecule has 0 aliphatic carbocycles. The van der Waals surface area contributed by atoms with Gasteiger partial charge in [0.05, 0.1) is 7.11 Å². The van der Waals surface area contributed by atoms with Crippen LogP contribution in [0.2, 0.25) is 0 Å². The minimum atomic E-state index is -0.631. The van der Waals surface area contributed by atoms with Crippen LogP contribution in [0.5, 0.6) is 0 Å². The lowest BCUT2D eigenvalue weighted by atomic mass is 10.1. The van der Waals surface area contributed by atoms with Crippen LogP contribution in [0.15, 0.2) is 33.9 Å². The number of carbonyl (C=O) groups is 1. The Labute approximate surface area is 108 Å². The molecule has 1 aromatic carbocycles. The topological polar surface area (TPSA) is 75.1 Å². The van der Waals surface area contributed by atoms with Gasteiger partial charge in [0.1, 0.15) is 5.70 Å². The first-order valence-corrected chi connectivity index (χ1v) is 6.34. The molecule has 1 aliphatic heterocycles. The van der Waals surface area contributed by atoms with Crippen LogP contribution >= 0.6 is 11.8 Å². The number of carbonyl (C=O) groups excluding carboxylic acids is 1. The number of hydrogen-bond donors (Lipinski definition) is 0. The fraction of sp³-hybridized carbons (Fsp3) is 0.250. The van der Waals surface area contributed by atoms with Crippen molar-refractivity contribution < 1.29 is 9.53 Å². The van der Waals surface area contributed by atoms with Gasteiger partial charge in [-0.15, -0.1) is 11.8 Å². The van der Waals surface area contributed by atoms with Gasteiger partial charge in [-0.05, 0) is 29.2 Å². The number of nitrogens with zero attached hydrogens (tertiary/aromatic N) is 3. The van der Waals surface area contributed by atoms with E-state index in [1.165, 1.54) is 12.7 Å². The number of hydrogen-bond acceptors (Lipinski definition) is 4. The van der Waals surface area contributed by atoms with E-state index in [1.54, 1.807) is 17.8 Å². The van der Waals surface area contributed by atoms with Crippen molar-refractivity contribution in [2.45, 2.75) is 11.3 Å². The van der Waals surface area contributed by atoms with E-state index in [0.29, 0.717) is 0 Å². The number of ether oxygens (including phenoxy) is 1. The molecule has 6 heteroatoms. The fourth-order valence-corrected chi connectivity index (χ4v) is 2.96. The molecule has 0 unspecified atom stereocenters. The maximum atomic E-state index is 11.4. The molecule has 0 fully saturated rings. The summed E-state index contributed by atoms with van der Waals surface area (Å²) in [6.45, 7) is 0. The third kappa shape index (κ3) is 2.50. The Balaban J connectivity index is 2.45. The first kappa shape index (κ1) is 12.5. The first-order chi connectivity index (χ1) is 8.76. The lowest BCUT2D eigenvalue weighted by Gasteiger charge is -2.04. The Morgan fingerprint density at radius 2 is 2.44 bits per heavy atom. The largest absolute Gasteiger partial charge is 0.466 e. The Kier molecular flexibility index (Phi) is 3.92. The predicted octanol–water partition coefficient (Wildman–Crippen LogP) is 3.16. The number of azide groups is 1. The molecule has 18 heavy (non-hydrogen) atoms. The Bertz CT molecular complexity index is 562. The highest BCUT2D eigenvalue weighted by molar-refractivity contribution is 7.99. The molecule has 0 amide bonds. The zero-order valence-corrected chi connectivity index (χ0v) is 10.6. The van der Waals surface area contributed by atoms with Crippen molar-refractivity contribution in [3.8, 4) is 0 Å². The first-order valence-electron chi connectivity index (χ1n) is 5.36. The molecule has 1 aromatic rings. The molecule has 5 nitrogen and oxygen atoms in total. The maximum absolute atomic E-state index is 11.4. The second kappa shape index (κ2) is 5.62. The minimum absolute atomic E-state index is 0.0269. The summed E-state index contributed by atoms with van der Waals surface area (Å²) in [6.07, 6.45) is 2.60. The van der Waals surface area contributed by atoms with E-state index >= 15 is 0 Å². The van der Waals surface area contributed by atoms with Crippen molar-refractivity contribution >= 4 is 23.8 Å². The number of esters is 1. The summed E-state index contributed by atoms with van der Waals surface area (Å²) >= 11 is 1.74. The smallest absolute Gasteiger partial charge is 0.340 e. The number of rotatable bonds is 3. The Morgan fingerprint density at radius 3 is 3.17 bits per heavy atom. The monoisotopic (exact) mass is 261 g/mol. The predicted molar refractivity (Wildman–Crippen MR) is 70.0 cm³/mol. The normalized spacial score (nSPS) is 13.7. The second-order valence-corrected chi connectivity index (χ2v) is 4.75. The van der Waals surface area contributed by atoms with Crippen molar-refractivity contribution in [1.82, 2.24) is 0 Å².